The lowest BCUT2D eigenvalue weighted by atomic mass is 10.1. The Labute approximate surface area is 186 Å². The molecular weight excluding hydrogens is 416 g/mol. The first kappa shape index (κ1) is 21.6. The van der Waals surface area contributed by atoms with Crippen molar-refractivity contribution < 1.29 is 14.3 Å². The van der Waals surface area contributed by atoms with Crippen molar-refractivity contribution in [1.29, 1.82) is 0 Å². The van der Waals surface area contributed by atoms with Crippen LogP contribution in [0.2, 0.25) is 5.15 Å². The number of nitrogens with zero attached hydrogens (tertiary/aromatic N) is 3. The van der Waals surface area contributed by atoms with Crippen LogP contribution in [0.3, 0.4) is 0 Å². The van der Waals surface area contributed by atoms with E-state index in [0.29, 0.717) is 24.8 Å². The van der Waals surface area contributed by atoms with Crippen LogP contribution < -0.4 is 0 Å². The highest BCUT2D eigenvalue weighted by molar-refractivity contribution is 6.34. The lowest BCUT2D eigenvalue weighted by Crippen LogP contribution is -2.43. The van der Waals surface area contributed by atoms with Gasteiger partial charge in [-0.05, 0) is 50.8 Å². The highest BCUT2D eigenvalue weighted by Crippen LogP contribution is 2.27. The van der Waals surface area contributed by atoms with Crippen LogP contribution in [0.25, 0.3) is 22.3 Å². The van der Waals surface area contributed by atoms with E-state index in [1.54, 1.807) is 4.90 Å². The molecule has 0 radical (unpaired) electrons. The molecule has 2 aromatic heterocycles. The summed E-state index contributed by atoms with van der Waals surface area (Å²) in [4.78, 5) is 25.4. The van der Waals surface area contributed by atoms with Crippen LogP contribution in [0, 0.1) is 0 Å². The number of likely N-dealkylation sites (tertiary alicyclic amines) is 1. The smallest absolute Gasteiger partial charge is 0.410 e. The van der Waals surface area contributed by atoms with Crippen molar-refractivity contribution in [3.63, 3.8) is 0 Å². The van der Waals surface area contributed by atoms with Crippen LogP contribution in [0.1, 0.15) is 39.2 Å². The molecule has 31 heavy (non-hydrogen) atoms. The fraction of sp³-hybridized carbons (Fsp3) is 0.435. The summed E-state index contributed by atoms with van der Waals surface area (Å²) < 4.78 is 11.5. The molecule has 1 N–H and O–H groups in total. The van der Waals surface area contributed by atoms with Gasteiger partial charge in [-0.15, -0.1) is 0 Å². The maximum Gasteiger partial charge on any atom is 0.410 e. The fourth-order valence-corrected chi connectivity index (χ4v) is 3.78. The number of aromatic amines is 1. The lowest BCUT2D eigenvalue weighted by Gasteiger charge is -2.33. The van der Waals surface area contributed by atoms with Gasteiger partial charge in [-0.2, -0.15) is 0 Å². The molecule has 1 fully saturated rings. The zero-order valence-electron chi connectivity index (χ0n) is 18.0. The largest absolute Gasteiger partial charge is 0.444 e. The van der Waals surface area contributed by atoms with Gasteiger partial charge in [0.05, 0.1) is 18.1 Å². The van der Waals surface area contributed by atoms with Crippen LogP contribution >= 0.6 is 11.6 Å². The van der Waals surface area contributed by atoms with E-state index in [1.165, 1.54) is 6.33 Å². The molecule has 1 aliphatic rings. The zero-order chi connectivity index (χ0) is 22.0. The monoisotopic (exact) mass is 442 g/mol. The van der Waals surface area contributed by atoms with Crippen molar-refractivity contribution >= 4 is 28.7 Å². The molecule has 1 saturated heterocycles. The summed E-state index contributed by atoms with van der Waals surface area (Å²) in [5, 5.41) is 1.25. The Morgan fingerprint density at radius 3 is 2.55 bits per heavy atom. The first-order chi connectivity index (χ1) is 14.8. The first-order valence-corrected chi connectivity index (χ1v) is 10.8. The second-order valence-corrected chi connectivity index (χ2v) is 9.14. The number of hydrogen-bond donors (Lipinski definition) is 1. The fourth-order valence-electron chi connectivity index (χ4n) is 3.59. The summed E-state index contributed by atoms with van der Waals surface area (Å²) in [6.45, 7) is 7.50. The van der Waals surface area contributed by atoms with E-state index in [9.17, 15) is 4.79 Å². The number of ether oxygens (including phenoxy) is 2. The molecule has 164 valence electrons. The Morgan fingerprint density at radius 2 is 1.90 bits per heavy atom. The predicted octanol–water partition coefficient (Wildman–Crippen LogP) is 5.19. The van der Waals surface area contributed by atoms with E-state index >= 15 is 0 Å². The van der Waals surface area contributed by atoms with Gasteiger partial charge in [0.1, 0.15) is 22.7 Å². The number of piperidine rings is 1. The van der Waals surface area contributed by atoms with Gasteiger partial charge in [-0.1, -0.05) is 35.9 Å². The van der Waals surface area contributed by atoms with E-state index in [-0.39, 0.29) is 12.2 Å². The standard InChI is InChI=1S/C23H27ClN4O3/c1-23(2,3)31-22(29)28-10-8-17(9-11-28)30-13-15-4-6-16(7-5-15)19-12-18-20(24)25-14-26-21(18)27-19/h4-7,12,14,17H,8-11,13H2,1-3H3,(H,25,26,27). The van der Waals surface area contributed by atoms with E-state index in [2.05, 4.69) is 39.2 Å². The van der Waals surface area contributed by atoms with Crippen molar-refractivity contribution in [3.8, 4) is 11.3 Å². The minimum Gasteiger partial charge on any atom is -0.444 e. The third-order valence-corrected chi connectivity index (χ3v) is 5.52. The molecule has 3 aromatic rings. The van der Waals surface area contributed by atoms with E-state index in [4.69, 9.17) is 21.1 Å². The van der Waals surface area contributed by atoms with E-state index < -0.39 is 5.60 Å². The second kappa shape index (κ2) is 8.85. The predicted molar refractivity (Wildman–Crippen MR) is 120 cm³/mol. The summed E-state index contributed by atoms with van der Waals surface area (Å²) in [6.07, 6.45) is 2.98. The number of halogens is 1. The molecule has 1 aromatic carbocycles. The topological polar surface area (TPSA) is 80.3 Å². The van der Waals surface area contributed by atoms with Gasteiger partial charge in [0.15, 0.2) is 0 Å². The molecule has 0 saturated carbocycles. The van der Waals surface area contributed by atoms with Crippen LogP contribution in [0.5, 0.6) is 0 Å². The van der Waals surface area contributed by atoms with Gasteiger partial charge in [-0.25, -0.2) is 14.8 Å². The van der Waals surface area contributed by atoms with Crippen LogP contribution in [-0.4, -0.2) is 50.7 Å². The summed E-state index contributed by atoms with van der Waals surface area (Å²) >= 11 is 6.14. The number of amides is 1. The van der Waals surface area contributed by atoms with Gasteiger partial charge in [-0.3, -0.25) is 0 Å². The maximum absolute atomic E-state index is 12.2. The molecule has 7 nitrogen and oxygen atoms in total. The van der Waals surface area contributed by atoms with Crippen LogP contribution in [-0.2, 0) is 16.1 Å². The molecular formula is C23H27ClN4O3. The molecule has 4 rings (SSSR count). The Balaban J connectivity index is 1.29. The first-order valence-electron chi connectivity index (χ1n) is 10.5. The number of carbonyl (C=O) groups is 1. The number of nitrogens with one attached hydrogen (secondary N) is 1. The Morgan fingerprint density at radius 1 is 1.19 bits per heavy atom. The normalized spacial score (nSPS) is 15.4. The summed E-state index contributed by atoms with van der Waals surface area (Å²) in [6, 6.07) is 10.2. The molecule has 0 atom stereocenters. The Bertz CT molecular complexity index is 1050. The van der Waals surface area contributed by atoms with Crippen molar-refractivity contribution in [1.82, 2.24) is 19.9 Å². The van der Waals surface area contributed by atoms with Crippen molar-refractivity contribution in [2.24, 2.45) is 0 Å². The minimum atomic E-state index is -0.469. The summed E-state index contributed by atoms with van der Waals surface area (Å²) in [7, 11) is 0. The molecule has 0 aliphatic carbocycles. The van der Waals surface area contributed by atoms with E-state index in [1.807, 2.05) is 26.8 Å². The van der Waals surface area contributed by atoms with Crippen molar-refractivity contribution in [2.75, 3.05) is 13.1 Å². The number of carbonyl (C=O) groups excluding carboxylic acids is 1. The molecule has 1 amide bonds. The number of hydrogen-bond acceptors (Lipinski definition) is 5. The van der Waals surface area contributed by atoms with Crippen LogP contribution in [0.15, 0.2) is 36.7 Å². The lowest BCUT2D eigenvalue weighted by molar-refractivity contribution is -0.0170. The maximum atomic E-state index is 12.2. The van der Waals surface area contributed by atoms with Gasteiger partial charge >= 0.3 is 6.09 Å². The Hall–Kier alpha value is -2.64. The van der Waals surface area contributed by atoms with Gasteiger partial charge in [0.25, 0.3) is 0 Å². The average molecular weight is 443 g/mol. The molecule has 0 unspecified atom stereocenters. The van der Waals surface area contributed by atoms with Gasteiger partial charge in [0.2, 0.25) is 0 Å². The number of aromatic nitrogens is 3. The SMILES string of the molecule is CC(C)(C)OC(=O)N1CCC(OCc2ccc(-c3cc4c(Cl)ncnc4[nH]3)cc2)CC1. The zero-order valence-corrected chi connectivity index (χ0v) is 18.8. The number of fused-ring (bicyclic) bond motifs is 1. The molecule has 3 heterocycles. The number of H-pyrrole nitrogens is 1. The molecule has 1 aliphatic heterocycles. The van der Waals surface area contributed by atoms with Gasteiger partial charge < -0.3 is 19.4 Å². The second-order valence-electron chi connectivity index (χ2n) is 8.78. The number of benzene rings is 1. The number of rotatable bonds is 4. The summed E-state index contributed by atoms with van der Waals surface area (Å²) in [5.74, 6) is 0. The highest BCUT2D eigenvalue weighted by Gasteiger charge is 2.27. The van der Waals surface area contributed by atoms with E-state index in [0.717, 1.165) is 40.7 Å². The third-order valence-electron chi connectivity index (χ3n) is 5.22. The summed E-state index contributed by atoms with van der Waals surface area (Å²) in [5.41, 5.74) is 3.35. The molecule has 0 spiro atoms. The average Bonchev–Trinajstić information content (AvgIpc) is 3.17. The quantitative estimate of drug-likeness (QED) is 0.562. The highest BCUT2D eigenvalue weighted by atomic mass is 35.5. The third kappa shape index (κ3) is 5.35. The molecule has 8 heteroatoms. The minimum absolute atomic E-state index is 0.146. The molecule has 0 bridgehead atoms. The van der Waals surface area contributed by atoms with Crippen molar-refractivity contribution in [3.05, 3.63) is 47.4 Å². The Kier molecular flexibility index (Phi) is 6.16. The van der Waals surface area contributed by atoms with Crippen molar-refractivity contribution in [2.45, 2.75) is 51.9 Å². The van der Waals surface area contributed by atoms with Crippen LogP contribution in [0.4, 0.5) is 4.79 Å². The van der Waals surface area contributed by atoms with Gasteiger partial charge in [0, 0.05) is 18.8 Å².